The van der Waals surface area contributed by atoms with Crippen LogP contribution in [0.2, 0.25) is 0 Å². The molecule has 0 fully saturated rings. The fraction of sp³-hybridized carbons (Fsp3) is 0. The molecule has 0 unspecified atom stereocenters. The van der Waals surface area contributed by atoms with Gasteiger partial charge in [-0.3, -0.25) is 10.1 Å². The lowest BCUT2D eigenvalue weighted by atomic mass is 10.1. The van der Waals surface area contributed by atoms with E-state index in [-0.39, 0.29) is 5.91 Å². The van der Waals surface area contributed by atoms with E-state index in [1.807, 2.05) is 17.5 Å². The van der Waals surface area contributed by atoms with E-state index >= 15 is 0 Å². The van der Waals surface area contributed by atoms with E-state index in [1.54, 1.807) is 53.8 Å². The minimum absolute atomic E-state index is 0.302. The number of nitrogen functional groups attached to an aromatic ring is 1. The Bertz CT molecular complexity index is 906. The van der Waals surface area contributed by atoms with Gasteiger partial charge in [-0.05, 0) is 53.4 Å². The number of thiophene rings is 1. The predicted molar refractivity (Wildman–Crippen MR) is 100 cm³/mol. The zero-order chi connectivity index (χ0) is 17.8. The molecule has 1 aromatic heterocycles. The van der Waals surface area contributed by atoms with Crippen molar-refractivity contribution in [1.82, 2.24) is 0 Å². The molecular formula is C18H15N3O3S. The summed E-state index contributed by atoms with van der Waals surface area (Å²) in [5.74, 6) is -0.350. The highest BCUT2D eigenvalue weighted by Crippen LogP contribution is 2.32. The van der Waals surface area contributed by atoms with Crippen LogP contribution in [-0.2, 0) is 0 Å². The first-order valence-electron chi connectivity index (χ1n) is 7.38. The Morgan fingerprint density at radius 1 is 0.960 bits per heavy atom. The van der Waals surface area contributed by atoms with E-state index in [2.05, 4.69) is 10.6 Å². The molecular weight excluding hydrogens is 338 g/mol. The molecule has 7 heteroatoms. The lowest BCUT2D eigenvalue weighted by Gasteiger charge is -2.13. The molecule has 5 N–H and O–H groups in total. The van der Waals surface area contributed by atoms with Crippen LogP contribution in [0.3, 0.4) is 0 Å². The van der Waals surface area contributed by atoms with E-state index < -0.39 is 6.09 Å². The summed E-state index contributed by atoms with van der Waals surface area (Å²) in [5.41, 5.74) is 8.19. The van der Waals surface area contributed by atoms with Crippen LogP contribution in [0.15, 0.2) is 60.0 Å². The smallest absolute Gasteiger partial charge is 0.409 e. The Morgan fingerprint density at radius 3 is 2.36 bits per heavy atom. The van der Waals surface area contributed by atoms with Crippen molar-refractivity contribution < 1.29 is 14.7 Å². The number of hydrogen-bond acceptors (Lipinski definition) is 4. The van der Waals surface area contributed by atoms with Gasteiger partial charge in [0.25, 0.3) is 5.91 Å². The van der Waals surface area contributed by atoms with Gasteiger partial charge in [-0.25, -0.2) is 4.79 Å². The molecule has 3 rings (SSSR count). The van der Waals surface area contributed by atoms with Crippen molar-refractivity contribution in [2.75, 3.05) is 16.4 Å². The molecule has 25 heavy (non-hydrogen) atoms. The van der Waals surface area contributed by atoms with Gasteiger partial charge in [0, 0.05) is 16.1 Å². The molecule has 3 aromatic rings. The number of nitrogens with two attached hydrogens (primary N) is 1. The minimum Gasteiger partial charge on any atom is -0.465 e. The summed E-state index contributed by atoms with van der Waals surface area (Å²) in [5, 5.41) is 16.0. The summed E-state index contributed by atoms with van der Waals surface area (Å²) in [6.07, 6.45) is -1.20. The highest BCUT2D eigenvalue weighted by Gasteiger charge is 2.12. The van der Waals surface area contributed by atoms with Crippen LogP contribution in [0, 0.1) is 0 Å². The summed E-state index contributed by atoms with van der Waals surface area (Å²) in [6.45, 7) is 0. The van der Waals surface area contributed by atoms with Crippen LogP contribution in [0.5, 0.6) is 0 Å². The molecule has 0 spiro atoms. The van der Waals surface area contributed by atoms with Crippen molar-refractivity contribution in [3.63, 3.8) is 0 Å². The molecule has 0 saturated heterocycles. The zero-order valence-corrected chi connectivity index (χ0v) is 13.8. The second-order valence-electron chi connectivity index (χ2n) is 5.24. The lowest BCUT2D eigenvalue weighted by molar-refractivity contribution is 0.102. The molecule has 126 valence electrons. The topological polar surface area (TPSA) is 104 Å². The lowest BCUT2D eigenvalue weighted by Crippen LogP contribution is -2.15. The largest absolute Gasteiger partial charge is 0.465 e. The first-order valence-corrected chi connectivity index (χ1v) is 8.25. The average Bonchev–Trinajstić information content (AvgIpc) is 3.11. The third-order valence-corrected chi connectivity index (χ3v) is 4.41. The van der Waals surface area contributed by atoms with E-state index in [0.29, 0.717) is 22.6 Å². The first-order chi connectivity index (χ1) is 12.0. The van der Waals surface area contributed by atoms with Gasteiger partial charge in [0.05, 0.1) is 11.4 Å². The Hall–Kier alpha value is -3.32. The van der Waals surface area contributed by atoms with Crippen LogP contribution < -0.4 is 16.4 Å². The first kappa shape index (κ1) is 16.5. The summed E-state index contributed by atoms with van der Waals surface area (Å²) < 4.78 is 0. The second-order valence-corrected chi connectivity index (χ2v) is 6.19. The number of amides is 2. The molecule has 0 saturated carbocycles. The SMILES string of the molecule is Nc1ccc(C(=O)Nc2cc(-c3cccs3)ccc2NC(=O)O)cc1. The number of carbonyl (C=O) groups is 2. The highest BCUT2D eigenvalue weighted by atomic mass is 32.1. The van der Waals surface area contributed by atoms with E-state index in [4.69, 9.17) is 10.8 Å². The number of nitrogens with one attached hydrogen (secondary N) is 2. The maximum Gasteiger partial charge on any atom is 0.409 e. The molecule has 2 amide bonds. The summed E-state index contributed by atoms with van der Waals surface area (Å²) in [7, 11) is 0. The summed E-state index contributed by atoms with van der Waals surface area (Å²) in [4.78, 5) is 24.4. The highest BCUT2D eigenvalue weighted by molar-refractivity contribution is 7.13. The molecule has 0 bridgehead atoms. The standard InChI is InChI=1S/C18H15N3O3S/c19-13-6-3-11(4-7-13)17(22)20-15-10-12(16-2-1-9-25-16)5-8-14(15)21-18(23)24/h1-10,21H,19H2,(H,20,22)(H,23,24). The maximum atomic E-state index is 12.4. The van der Waals surface area contributed by atoms with Gasteiger partial charge in [0.2, 0.25) is 0 Å². The van der Waals surface area contributed by atoms with E-state index in [9.17, 15) is 9.59 Å². The molecule has 1 heterocycles. The third-order valence-electron chi connectivity index (χ3n) is 3.49. The van der Waals surface area contributed by atoms with E-state index in [1.165, 1.54) is 0 Å². The van der Waals surface area contributed by atoms with Gasteiger partial charge in [-0.2, -0.15) is 0 Å². The van der Waals surface area contributed by atoms with Gasteiger partial charge in [-0.15, -0.1) is 11.3 Å². The summed E-state index contributed by atoms with van der Waals surface area (Å²) >= 11 is 1.56. The monoisotopic (exact) mass is 353 g/mol. The number of benzene rings is 2. The van der Waals surface area contributed by atoms with Crippen molar-refractivity contribution in [3.05, 3.63) is 65.5 Å². The Kier molecular flexibility index (Phi) is 4.67. The molecule has 0 atom stereocenters. The predicted octanol–water partition coefficient (Wildman–Crippen LogP) is 4.34. The van der Waals surface area contributed by atoms with E-state index in [0.717, 1.165) is 10.4 Å². The minimum atomic E-state index is -1.20. The van der Waals surface area contributed by atoms with Crippen LogP contribution in [0.1, 0.15) is 10.4 Å². The summed E-state index contributed by atoms with van der Waals surface area (Å²) in [6, 6.07) is 15.5. The molecule has 0 aliphatic heterocycles. The fourth-order valence-electron chi connectivity index (χ4n) is 2.30. The number of carboxylic acid groups (broad SMARTS) is 1. The Morgan fingerprint density at radius 2 is 1.72 bits per heavy atom. The molecule has 0 radical (unpaired) electrons. The van der Waals surface area contributed by atoms with Gasteiger partial charge in [0.1, 0.15) is 0 Å². The zero-order valence-electron chi connectivity index (χ0n) is 13.0. The number of rotatable bonds is 4. The van der Waals surface area contributed by atoms with Crippen molar-refractivity contribution in [3.8, 4) is 10.4 Å². The number of anilines is 3. The molecule has 0 aliphatic rings. The van der Waals surface area contributed by atoms with Crippen molar-refractivity contribution >= 4 is 40.4 Å². The van der Waals surface area contributed by atoms with Gasteiger partial charge < -0.3 is 16.2 Å². The number of hydrogen-bond donors (Lipinski definition) is 4. The van der Waals surface area contributed by atoms with Crippen LogP contribution in [-0.4, -0.2) is 17.1 Å². The molecule has 6 nitrogen and oxygen atoms in total. The third kappa shape index (κ3) is 3.96. The maximum absolute atomic E-state index is 12.4. The molecule has 0 aliphatic carbocycles. The Balaban J connectivity index is 1.93. The van der Waals surface area contributed by atoms with Gasteiger partial charge in [0.15, 0.2) is 0 Å². The van der Waals surface area contributed by atoms with Crippen molar-refractivity contribution in [2.24, 2.45) is 0 Å². The van der Waals surface area contributed by atoms with Crippen molar-refractivity contribution in [2.45, 2.75) is 0 Å². The molecule has 2 aromatic carbocycles. The van der Waals surface area contributed by atoms with Crippen LogP contribution in [0.4, 0.5) is 21.9 Å². The van der Waals surface area contributed by atoms with Crippen LogP contribution in [0.25, 0.3) is 10.4 Å². The van der Waals surface area contributed by atoms with Gasteiger partial charge in [-0.1, -0.05) is 12.1 Å². The quantitative estimate of drug-likeness (QED) is 0.524. The number of carbonyl (C=O) groups excluding carboxylic acids is 1. The van der Waals surface area contributed by atoms with Gasteiger partial charge >= 0.3 is 6.09 Å². The fourth-order valence-corrected chi connectivity index (χ4v) is 3.02. The average molecular weight is 353 g/mol. The normalized spacial score (nSPS) is 10.2. The Labute approximate surface area is 147 Å². The van der Waals surface area contributed by atoms with Crippen LogP contribution >= 0.6 is 11.3 Å². The van der Waals surface area contributed by atoms with Crippen molar-refractivity contribution in [1.29, 1.82) is 0 Å². The second kappa shape index (κ2) is 7.06.